The van der Waals surface area contributed by atoms with Crippen molar-refractivity contribution >= 4 is 23.6 Å². The molecule has 0 radical (unpaired) electrons. The van der Waals surface area contributed by atoms with Crippen LogP contribution in [0.3, 0.4) is 0 Å². The van der Waals surface area contributed by atoms with Crippen molar-refractivity contribution in [1.29, 1.82) is 0 Å². The van der Waals surface area contributed by atoms with Gasteiger partial charge < -0.3 is 71.5 Å². The fourth-order valence-corrected chi connectivity index (χ4v) is 5.59. The standard InChI is InChI=1S/C36H70N4O14/c1-3-5-7-9-11-13-15-27(45)39(19-17-37-35(53)33(51)31(49)29(47)25(43)23-41)21-22-40(28(46)16-14-12-10-8-6-4-2)20-18-38-36(54)34(52)32(50)30(48)26(44)24-42/h25-26,29-34,41-44,47-52H,3-24H2,1-2H3,(H,37,53)(H,38,54)/t25-,26-,29-,30-,31+,32+,33-,34-/m1/s1. The minimum Gasteiger partial charge on any atom is -0.394 e. The second-order valence-electron chi connectivity index (χ2n) is 13.7. The maximum Gasteiger partial charge on any atom is 0.251 e. The van der Waals surface area contributed by atoms with E-state index >= 15 is 0 Å². The number of unbranched alkanes of at least 4 members (excludes halogenated alkanes) is 10. The molecule has 0 rings (SSSR count). The molecule has 18 heteroatoms. The molecular formula is C36H70N4O14. The van der Waals surface area contributed by atoms with Crippen LogP contribution in [0.25, 0.3) is 0 Å². The molecule has 0 aromatic heterocycles. The largest absolute Gasteiger partial charge is 0.394 e. The highest BCUT2D eigenvalue weighted by molar-refractivity contribution is 5.82. The molecule has 12 N–H and O–H groups in total. The van der Waals surface area contributed by atoms with E-state index in [0.29, 0.717) is 12.8 Å². The van der Waals surface area contributed by atoms with Gasteiger partial charge in [-0.15, -0.1) is 0 Å². The van der Waals surface area contributed by atoms with E-state index in [1.54, 1.807) is 0 Å². The first kappa shape index (κ1) is 51.5. The normalized spacial score (nSPS) is 16.0. The lowest BCUT2D eigenvalue weighted by Gasteiger charge is -2.29. The lowest BCUT2D eigenvalue weighted by atomic mass is 10.0. The molecule has 54 heavy (non-hydrogen) atoms. The Labute approximate surface area is 319 Å². The summed E-state index contributed by atoms with van der Waals surface area (Å²) >= 11 is 0. The lowest BCUT2D eigenvalue weighted by molar-refractivity contribution is -0.149. The van der Waals surface area contributed by atoms with Crippen molar-refractivity contribution in [2.45, 2.75) is 153 Å². The van der Waals surface area contributed by atoms with Crippen molar-refractivity contribution in [1.82, 2.24) is 20.4 Å². The summed E-state index contributed by atoms with van der Waals surface area (Å²) in [5.74, 6) is -2.68. The van der Waals surface area contributed by atoms with Gasteiger partial charge in [0.25, 0.3) is 11.8 Å². The predicted octanol–water partition coefficient (Wildman–Crippen LogP) is -2.75. The first-order valence-electron chi connectivity index (χ1n) is 19.4. The summed E-state index contributed by atoms with van der Waals surface area (Å²) < 4.78 is 0. The maximum absolute atomic E-state index is 13.4. The molecule has 0 aliphatic carbocycles. The highest BCUT2D eigenvalue weighted by Crippen LogP contribution is 2.12. The van der Waals surface area contributed by atoms with Gasteiger partial charge in [0, 0.05) is 52.1 Å². The first-order valence-corrected chi connectivity index (χ1v) is 19.4. The fourth-order valence-electron chi connectivity index (χ4n) is 5.59. The third kappa shape index (κ3) is 21.0. The maximum atomic E-state index is 13.4. The summed E-state index contributed by atoms with van der Waals surface area (Å²) in [6, 6.07) is 0. The summed E-state index contributed by atoms with van der Waals surface area (Å²) in [4.78, 5) is 54.6. The van der Waals surface area contributed by atoms with E-state index in [0.717, 1.165) is 64.2 Å². The zero-order chi connectivity index (χ0) is 41.1. The molecule has 0 saturated heterocycles. The Morgan fingerprint density at radius 3 is 1.09 bits per heavy atom. The summed E-state index contributed by atoms with van der Waals surface area (Å²) in [7, 11) is 0. The highest BCUT2D eigenvalue weighted by atomic mass is 16.4. The van der Waals surface area contributed by atoms with Crippen LogP contribution in [0.1, 0.15) is 104 Å². The third-order valence-corrected chi connectivity index (χ3v) is 9.24. The molecule has 18 nitrogen and oxygen atoms in total. The van der Waals surface area contributed by atoms with Gasteiger partial charge in [-0.1, -0.05) is 78.1 Å². The number of amides is 4. The van der Waals surface area contributed by atoms with Crippen LogP contribution in [-0.2, 0) is 19.2 Å². The lowest BCUT2D eigenvalue weighted by Crippen LogP contribution is -2.53. The Balaban J connectivity index is 5.71. The van der Waals surface area contributed by atoms with Crippen molar-refractivity contribution in [3.05, 3.63) is 0 Å². The SMILES string of the molecule is CCCCCCCCC(=O)N(CCNC(=O)[C@H](O)[C@@H](O)[C@H](O)[C@H](O)CO)CCN(CCNC(=O)[C@H](O)[C@@H](O)[C@H](O)[C@H](O)CO)C(=O)CCCCCCCC. The van der Waals surface area contributed by atoms with Gasteiger partial charge >= 0.3 is 0 Å². The van der Waals surface area contributed by atoms with Crippen molar-refractivity contribution in [2.24, 2.45) is 0 Å². The summed E-state index contributed by atoms with van der Waals surface area (Å²) in [5.41, 5.74) is 0. The smallest absolute Gasteiger partial charge is 0.251 e. The van der Waals surface area contributed by atoms with Gasteiger partial charge in [0.2, 0.25) is 11.8 Å². The molecule has 4 amide bonds. The zero-order valence-corrected chi connectivity index (χ0v) is 32.2. The van der Waals surface area contributed by atoms with Crippen molar-refractivity contribution in [3.8, 4) is 0 Å². The van der Waals surface area contributed by atoms with Gasteiger partial charge in [-0.2, -0.15) is 0 Å². The number of carbonyl (C=O) groups is 4. The third-order valence-electron chi connectivity index (χ3n) is 9.24. The van der Waals surface area contributed by atoms with Crippen LogP contribution in [0.15, 0.2) is 0 Å². The average molecular weight is 783 g/mol. The number of hydrogen-bond acceptors (Lipinski definition) is 14. The number of aliphatic hydroxyl groups is 10. The number of aliphatic hydroxyl groups excluding tert-OH is 10. The quantitative estimate of drug-likeness (QED) is 0.0301. The fraction of sp³-hybridized carbons (Fsp3) is 0.889. The van der Waals surface area contributed by atoms with E-state index in [4.69, 9.17) is 10.2 Å². The Bertz CT molecular complexity index is 950. The molecule has 0 bridgehead atoms. The van der Waals surface area contributed by atoms with Gasteiger partial charge in [-0.3, -0.25) is 19.2 Å². The van der Waals surface area contributed by atoms with Crippen LogP contribution < -0.4 is 10.6 Å². The minimum absolute atomic E-state index is 0.0277. The van der Waals surface area contributed by atoms with Gasteiger partial charge in [0.15, 0.2) is 12.2 Å². The monoisotopic (exact) mass is 782 g/mol. The van der Waals surface area contributed by atoms with Crippen LogP contribution >= 0.6 is 0 Å². The average Bonchev–Trinajstić information content (AvgIpc) is 3.17. The molecule has 8 atom stereocenters. The first-order chi connectivity index (χ1) is 25.7. The Morgan fingerprint density at radius 2 is 0.778 bits per heavy atom. The second-order valence-corrected chi connectivity index (χ2v) is 13.7. The number of hydrogen-bond donors (Lipinski definition) is 12. The van der Waals surface area contributed by atoms with Crippen LogP contribution in [-0.4, -0.2) is 186 Å². The molecule has 0 aliphatic rings. The molecule has 0 spiro atoms. The number of rotatable bonds is 33. The molecule has 0 aliphatic heterocycles. The predicted molar refractivity (Wildman–Crippen MR) is 197 cm³/mol. The van der Waals surface area contributed by atoms with Crippen LogP contribution in [0.5, 0.6) is 0 Å². The topological polar surface area (TPSA) is 301 Å². The van der Waals surface area contributed by atoms with E-state index in [1.165, 1.54) is 9.80 Å². The van der Waals surface area contributed by atoms with E-state index in [2.05, 4.69) is 24.5 Å². The molecule has 0 saturated carbocycles. The molecule has 0 aromatic rings. The van der Waals surface area contributed by atoms with E-state index < -0.39 is 73.9 Å². The van der Waals surface area contributed by atoms with E-state index in [9.17, 15) is 60.0 Å². The van der Waals surface area contributed by atoms with Crippen molar-refractivity contribution < 1.29 is 70.2 Å². The van der Waals surface area contributed by atoms with Gasteiger partial charge in [0.05, 0.1) is 13.2 Å². The highest BCUT2D eigenvalue weighted by Gasteiger charge is 2.35. The van der Waals surface area contributed by atoms with Crippen LogP contribution in [0.2, 0.25) is 0 Å². The Kier molecular flexibility index (Phi) is 29.2. The molecule has 0 aromatic carbocycles. The van der Waals surface area contributed by atoms with Crippen LogP contribution in [0.4, 0.5) is 0 Å². The molecule has 318 valence electrons. The zero-order valence-electron chi connectivity index (χ0n) is 32.2. The Hall–Kier alpha value is -2.52. The number of carbonyl (C=O) groups excluding carboxylic acids is 4. The summed E-state index contributed by atoms with van der Waals surface area (Å²) in [5, 5.41) is 102. The van der Waals surface area contributed by atoms with E-state index in [-0.39, 0.29) is 63.9 Å². The summed E-state index contributed by atoms with van der Waals surface area (Å²) in [6.07, 6.45) is -4.46. The van der Waals surface area contributed by atoms with Crippen molar-refractivity contribution in [2.75, 3.05) is 52.5 Å². The second kappa shape index (κ2) is 30.7. The molecular weight excluding hydrogens is 712 g/mol. The molecule has 0 fully saturated rings. The van der Waals surface area contributed by atoms with Gasteiger partial charge in [-0.05, 0) is 12.8 Å². The number of nitrogens with one attached hydrogen (secondary N) is 2. The van der Waals surface area contributed by atoms with Crippen molar-refractivity contribution in [3.63, 3.8) is 0 Å². The van der Waals surface area contributed by atoms with E-state index in [1.807, 2.05) is 0 Å². The molecule has 0 unspecified atom stereocenters. The minimum atomic E-state index is -2.15. The number of nitrogens with zero attached hydrogens (tertiary/aromatic N) is 2. The van der Waals surface area contributed by atoms with Gasteiger partial charge in [-0.25, -0.2) is 0 Å². The summed E-state index contributed by atoms with van der Waals surface area (Å²) in [6.45, 7) is 1.97. The molecule has 0 heterocycles. The van der Waals surface area contributed by atoms with Crippen LogP contribution in [0, 0.1) is 0 Å². The Morgan fingerprint density at radius 1 is 0.463 bits per heavy atom. The van der Waals surface area contributed by atoms with Gasteiger partial charge in [0.1, 0.15) is 36.6 Å².